The van der Waals surface area contributed by atoms with Gasteiger partial charge in [0.05, 0.1) is 7.11 Å². The lowest BCUT2D eigenvalue weighted by Gasteiger charge is -2.19. The first-order valence-corrected chi connectivity index (χ1v) is 7.47. The van der Waals surface area contributed by atoms with E-state index in [-0.39, 0.29) is 0 Å². The van der Waals surface area contributed by atoms with Gasteiger partial charge in [0.25, 0.3) is 0 Å². The second-order valence-corrected chi connectivity index (χ2v) is 4.64. The van der Waals surface area contributed by atoms with Gasteiger partial charge in [-0.15, -0.1) is 0 Å². The number of methoxy groups -OCH3 is 1. The zero-order valence-corrected chi connectivity index (χ0v) is 13.2. The molecule has 0 heterocycles. The van der Waals surface area contributed by atoms with Crippen molar-refractivity contribution in [2.24, 2.45) is 0 Å². The molecule has 114 valence electrons. The minimum Gasteiger partial charge on any atom is -0.493 e. The molecule has 1 N–H and O–H groups in total. The van der Waals surface area contributed by atoms with E-state index in [0.717, 1.165) is 44.2 Å². The number of rotatable bonds is 10. The Morgan fingerprint density at radius 2 is 1.85 bits per heavy atom. The summed E-state index contributed by atoms with van der Waals surface area (Å²) in [5.74, 6) is 1.62. The molecule has 0 saturated carbocycles. The molecule has 1 aromatic rings. The molecular formula is C16H28N2O2. The van der Waals surface area contributed by atoms with Crippen LogP contribution in [0.1, 0.15) is 26.3 Å². The molecule has 0 aromatic heterocycles. The summed E-state index contributed by atoms with van der Waals surface area (Å²) in [6, 6.07) is 6.11. The van der Waals surface area contributed by atoms with Crippen LogP contribution in [-0.4, -0.2) is 44.8 Å². The van der Waals surface area contributed by atoms with E-state index in [1.54, 1.807) is 7.11 Å². The number of nitrogens with zero attached hydrogens (tertiary/aromatic N) is 1. The molecule has 0 saturated heterocycles. The summed E-state index contributed by atoms with van der Waals surface area (Å²) in [4.78, 5) is 2.34. The molecule has 0 radical (unpaired) electrons. The fourth-order valence-electron chi connectivity index (χ4n) is 2.04. The molecule has 0 spiro atoms. The van der Waals surface area contributed by atoms with Crippen LogP contribution >= 0.6 is 0 Å². The standard InChI is InChI=1S/C16H28N2O2/c1-5-17-13-14-8-9-15(16(12-14)19-4)20-11-10-18(6-2)7-3/h8-9,12,17H,5-7,10-11,13H2,1-4H3. The maximum Gasteiger partial charge on any atom is 0.161 e. The van der Waals surface area contributed by atoms with Gasteiger partial charge in [0.2, 0.25) is 0 Å². The maximum absolute atomic E-state index is 5.83. The van der Waals surface area contributed by atoms with Crippen molar-refractivity contribution in [2.45, 2.75) is 27.3 Å². The summed E-state index contributed by atoms with van der Waals surface area (Å²) < 4.78 is 11.2. The number of likely N-dealkylation sites (N-methyl/N-ethyl adjacent to an activating group) is 1. The van der Waals surface area contributed by atoms with Gasteiger partial charge >= 0.3 is 0 Å². The van der Waals surface area contributed by atoms with Crippen molar-refractivity contribution >= 4 is 0 Å². The normalized spacial score (nSPS) is 10.8. The average molecular weight is 280 g/mol. The van der Waals surface area contributed by atoms with E-state index in [1.165, 1.54) is 5.56 Å². The van der Waals surface area contributed by atoms with Gasteiger partial charge in [0.15, 0.2) is 11.5 Å². The number of hydrogen-bond acceptors (Lipinski definition) is 4. The Kier molecular flexibility index (Phi) is 8.07. The zero-order valence-electron chi connectivity index (χ0n) is 13.2. The van der Waals surface area contributed by atoms with Gasteiger partial charge in [0.1, 0.15) is 6.61 Å². The Hall–Kier alpha value is -1.26. The monoisotopic (exact) mass is 280 g/mol. The lowest BCUT2D eigenvalue weighted by molar-refractivity contribution is 0.217. The first-order valence-electron chi connectivity index (χ1n) is 7.47. The third kappa shape index (κ3) is 5.39. The highest BCUT2D eigenvalue weighted by molar-refractivity contribution is 5.42. The summed E-state index contributed by atoms with van der Waals surface area (Å²) in [7, 11) is 1.68. The van der Waals surface area contributed by atoms with Crippen molar-refractivity contribution in [3.63, 3.8) is 0 Å². The highest BCUT2D eigenvalue weighted by atomic mass is 16.5. The van der Waals surface area contributed by atoms with E-state index in [2.05, 4.69) is 37.1 Å². The third-order valence-electron chi connectivity index (χ3n) is 3.37. The Bertz CT molecular complexity index is 379. The lowest BCUT2D eigenvalue weighted by Crippen LogP contribution is -2.27. The van der Waals surface area contributed by atoms with Gasteiger partial charge in [-0.2, -0.15) is 0 Å². The Morgan fingerprint density at radius 3 is 2.45 bits per heavy atom. The SMILES string of the molecule is CCNCc1ccc(OCCN(CC)CC)c(OC)c1. The van der Waals surface area contributed by atoms with Crippen LogP contribution < -0.4 is 14.8 Å². The molecule has 0 unspecified atom stereocenters. The van der Waals surface area contributed by atoms with E-state index >= 15 is 0 Å². The van der Waals surface area contributed by atoms with E-state index in [9.17, 15) is 0 Å². The van der Waals surface area contributed by atoms with Gasteiger partial charge in [-0.05, 0) is 37.3 Å². The summed E-state index contributed by atoms with van der Waals surface area (Å²) in [5.41, 5.74) is 1.21. The van der Waals surface area contributed by atoms with Crippen molar-refractivity contribution in [3.8, 4) is 11.5 Å². The molecule has 0 amide bonds. The number of benzene rings is 1. The molecule has 1 rings (SSSR count). The van der Waals surface area contributed by atoms with Gasteiger partial charge < -0.3 is 19.7 Å². The van der Waals surface area contributed by atoms with Crippen LogP contribution in [0.25, 0.3) is 0 Å². The van der Waals surface area contributed by atoms with Crippen LogP contribution in [0.3, 0.4) is 0 Å². The molecule has 0 aliphatic rings. The minimum absolute atomic E-state index is 0.685. The smallest absolute Gasteiger partial charge is 0.161 e. The van der Waals surface area contributed by atoms with Crippen molar-refractivity contribution in [1.29, 1.82) is 0 Å². The van der Waals surface area contributed by atoms with E-state index in [0.29, 0.717) is 6.61 Å². The Morgan fingerprint density at radius 1 is 1.10 bits per heavy atom. The number of hydrogen-bond donors (Lipinski definition) is 1. The Balaban J connectivity index is 2.56. The van der Waals surface area contributed by atoms with Crippen LogP contribution in [-0.2, 0) is 6.54 Å². The molecule has 0 atom stereocenters. The maximum atomic E-state index is 5.83. The van der Waals surface area contributed by atoms with Crippen LogP contribution in [0.2, 0.25) is 0 Å². The van der Waals surface area contributed by atoms with Gasteiger partial charge in [0, 0.05) is 13.1 Å². The fraction of sp³-hybridized carbons (Fsp3) is 0.625. The number of nitrogens with one attached hydrogen (secondary N) is 1. The molecule has 20 heavy (non-hydrogen) atoms. The predicted octanol–water partition coefficient (Wildman–Crippen LogP) is 2.53. The number of ether oxygens (including phenoxy) is 2. The van der Waals surface area contributed by atoms with Crippen LogP contribution in [0, 0.1) is 0 Å². The zero-order chi connectivity index (χ0) is 14.8. The molecule has 0 fully saturated rings. The molecular weight excluding hydrogens is 252 g/mol. The molecule has 0 aliphatic carbocycles. The van der Waals surface area contributed by atoms with E-state index in [4.69, 9.17) is 9.47 Å². The van der Waals surface area contributed by atoms with Gasteiger partial charge in [-0.1, -0.05) is 26.8 Å². The summed E-state index contributed by atoms with van der Waals surface area (Å²) in [5, 5.41) is 3.31. The molecule has 4 heteroatoms. The second-order valence-electron chi connectivity index (χ2n) is 4.64. The molecule has 4 nitrogen and oxygen atoms in total. The quantitative estimate of drug-likeness (QED) is 0.714. The second kappa shape index (κ2) is 9.61. The molecule has 0 bridgehead atoms. The summed E-state index contributed by atoms with van der Waals surface area (Å²) in [6.07, 6.45) is 0. The highest BCUT2D eigenvalue weighted by Crippen LogP contribution is 2.28. The first-order chi connectivity index (χ1) is 9.74. The van der Waals surface area contributed by atoms with Crippen LogP contribution in [0.5, 0.6) is 11.5 Å². The largest absolute Gasteiger partial charge is 0.493 e. The Labute approximate surface area is 123 Å². The van der Waals surface area contributed by atoms with E-state index < -0.39 is 0 Å². The highest BCUT2D eigenvalue weighted by Gasteiger charge is 2.06. The van der Waals surface area contributed by atoms with Gasteiger partial charge in [-0.25, -0.2) is 0 Å². The summed E-state index contributed by atoms with van der Waals surface area (Å²) in [6.45, 7) is 12.0. The fourth-order valence-corrected chi connectivity index (χ4v) is 2.04. The minimum atomic E-state index is 0.685. The van der Waals surface area contributed by atoms with Crippen molar-refractivity contribution in [3.05, 3.63) is 23.8 Å². The van der Waals surface area contributed by atoms with E-state index in [1.807, 2.05) is 12.1 Å². The summed E-state index contributed by atoms with van der Waals surface area (Å²) >= 11 is 0. The van der Waals surface area contributed by atoms with Crippen molar-refractivity contribution in [1.82, 2.24) is 10.2 Å². The topological polar surface area (TPSA) is 33.7 Å². The van der Waals surface area contributed by atoms with Crippen LogP contribution in [0.15, 0.2) is 18.2 Å². The molecule has 1 aromatic carbocycles. The first kappa shape index (κ1) is 16.8. The van der Waals surface area contributed by atoms with Crippen LogP contribution in [0.4, 0.5) is 0 Å². The average Bonchev–Trinajstić information content (AvgIpc) is 2.50. The predicted molar refractivity (Wildman–Crippen MR) is 83.7 cm³/mol. The molecule has 0 aliphatic heterocycles. The lowest BCUT2D eigenvalue weighted by atomic mass is 10.2. The van der Waals surface area contributed by atoms with Crippen molar-refractivity contribution in [2.75, 3.05) is 39.9 Å². The van der Waals surface area contributed by atoms with Crippen molar-refractivity contribution < 1.29 is 9.47 Å². The van der Waals surface area contributed by atoms with Gasteiger partial charge in [-0.3, -0.25) is 0 Å². The third-order valence-corrected chi connectivity index (χ3v) is 3.37.